The highest BCUT2D eigenvalue weighted by atomic mass is 16.5. The molecule has 2 aliphatic heterocycles. The van der Waals surface area contributed by atoms with E-state index in [1.165, 1.54) is 24.1 Å². The van der Waals surface area contributed by atoms with Crippen molar-refractivity contribution < 1.29 is 4.74 Å². The van der Waals surface area contributed by atoms with Crippen LogP contribution in [0.25, 0.3) is 0 Å². The van der Waals surface area contributed by atoms with Crippen LogP contribution in [0.4, 0.5) is 0 Å². The Morgan fingerprint density at radius 1 is 1.40 bits per heavy atom. The van der Waals surface area contributed by atoms with Crippen molar-refractivity contribution in [2.24, 2.45) is 0 Å². The normalized spacial score (nSPS) is 25.9. The molecule has 1 fully saturated rings. The zero-order valence-corrected chi connectivity index (χ0v) is 12.9. The van der Waals surface area contributed by atoms with E-state index in [0.29, 0.717) is 6.10 Å². The number of rotatable bonds is 2. The lowest BCUT2D eigenvalue weighted by atomic mass is 10.0. The first kappa shape index (κ1) is 13.9. The molecule has 2 aliphatic rings. The van der Waals surface area contributed by atoms with Gasteiger partial charge in [-0.3, -0.25) is 4.90 Å². The molecule has 0 radical (unpaired) electrons. The zero-order valence-electron chi connectivity index (χ0n) is 12.9. The summed E-state index contributed by atoms with van der Waals surface area (Å²) >= 11 is 0. The van der Waals surface area contributed by atoms with Gasteiger partial charge in [0.2, 0.25) is 0 Å². The number of nitrogens with one attached hydrogen (secondary N) is 1. The molecule has 0 amide bonds. The second kappa shape index (κ2) is 5.38. The van der Waals surface area contributed by atoms with Crippen LogP contribution in [0.3, 0.4) is 0 Å². The van der Waals surface area contributed by atoms with E-state index >= 15 is 0 Å². The van der Waals surface area contributed by atoms with Crippen molar-refractivity contribution >= 4 is 0 Å². The monoisotopic (exact) mass is 274 g/mol. The summed E-state index contributed by atoms with van der Waals surface area (Å²) in [6, 6.07) is 6.53. The first-order chi connectivity index (χ1) is 9.52. The second-order valence-corrected chi connectivity index (χ2v) is 6.95. The largest absolute Gasteiger partial charge is 0.488 e. The van der Waals surface area contributed by atoms with E-state index in [4.69, 9.17) is 4.74 Å². The van der Waals surface area contributed by atoms with E-state index in [9.17, 15) is 0 Å². The third-order valence-electron chi connectivity index (χ3n) is 4.29. The van der Waals surface area contributed by atoms with Crippen LogP contribution in [0, 0.1) is 6.92 Å². The Morgan fingerprint density at radius 3 is 3.10 bits per heavy atom. The summed E-state index contributed by atoms with van der Waals surface area (Å²) < 4.78 is 6.11. The molecule has 1 saturated heterocycles. The molecule has 1 aromatic carbocycles. The predicted molar refractivity (Wildman–Crippen MR) is 82.4 cm³/mol. The third kappa shape index (κ3) is 3.15. The van der Waals surface area contributed by atoms with Crippen LogP contribution in [0.5, 0.6) is 5.75 Å². The van der Waals surface area contributed by atoms with Crippen LogP contribution in [-0.4, -0.2) is 42.7 Å². The van der Waals surface area contributed by atoms with Crippen molar-refractivity contribution in [2.75, 3.05) is 26.2 Å². The van der Waals surface area contributed by atoms with Crippen LogP contribution >= 0.6 is 0 Å². The molecule has 1 N–H and O–H groups in total. The molecule has 0 aliphatic carbocycles. The van der Waals surface area contributed by atoms with Gasteiger partial charge in [0.1, 0.15) is 11.9 Å². The van der Waals surface area contributed by atoms with Gasteiger partial charge in [0.15, 0.2) is 0 Å². The number of hydrogen-bond acceptors (Lipinski definition) is 3. The molecule has 2 heterocycles. The average molecular weight is 274 g/mol. The molecule has 0 aromatic heterocycles. The topological polar surface area (TPSA) is 24.5 Å². The maximum absolute atomic E-state index is 6.11. The van der Waals surface area contributed by atoms with Crippen molar-refractivity contribution in [1.29, 1.82) is 0 Å². The van der Waals surface area contributed by atoms with E-state index in [1.54, 1.807) is 0 Å². The third-order valence-corrected chi connectivity index (χ3v) is 4.29. The van der Waals surface area contributed by atoms with Gasteiger partial charge in [0.25, 0.3) is 0 Å². The van der Waals surface area contributed by atoms with Crippen LogP contribution in [0.2, 0.25) is 0 Å². The Kier molecular flexibility index (Phi) is 3.74. The van der Waals surface area contributed by atoms with Crippen molar-refractivity contribution in [2.45, 2.75) is 45.3 Å². The number of fused-ring (bicyclic) bond motifs is 1. The minimum Gasteiger partial charge on any atom is -0.488 e. The van der Waals surface area contributed by atoms with E-state index in [0.717, 1.165) is 31.8 Å². The highest BCUT2D eigenvalue weighted by molar-refractivity contribution is 5.40. The number of nitrogens with zero attached hydrogens (tertiary/aromatic N) is 1. The summed E-state index contributed by atoms with van der Waals surface area (Å²) in [4.78, 5) is 2.56. The van der Waals surface area contributed by atoms with Gasteiger partial charge in [0.05, 0.1) is 0 Å². The Balaban J connectivity index is 1.62. The zero-order chi connectivity index (χ0) is 14.2. The minimum absolute atomic E-state index is 0.207. The minimum atomic E-state index is 0.207. The molecule has 1 atom stereocenters. The van der Waals surface area contributed by atoms with Gasteiger partial charge in [-0.2, -0.15) is 0 Å². The first-order valence-corrected chi connectivity index (χ1v) is 7.75. The summed E-state index contributed by atoms with van der Waals surface area (Å²) in [5.74, 6) is 1.09. The lowest BCUT2D eigenvalue weighted by Gasteiger charge is -2.31. The molecule has 1 aromatic rings. The maximum Gasteiger partial charge on any atom is 0.123 e. The Bertz CT molecular complexity index is 484. The van der Waals surface area contributed by atoms with Gasteiger partial charge in [-0.05, 0) is 51.9 Å². The molecule has 1 unspecified atom stereocenters. The van der Waals surface area contributed by atoms with E-state index in [1.807, 2.05) is 0 Å². The summed E-state index contributed by atoms with van der Waals surface area (Å²) in [5.41, 5.74) is 2.91. The fraction of sp³-hybridized carbons (Fsp3) is 0.647. The summed E-state index contributed by atoms with van der Waals surface area (Å²) in [7, 11) is 0. The van der Waals surface area contributed by atoms with E-state index in [2.05, 4.69) is 49.2 Å². The summed E-state index contributed by atoms with van der Waals surface area (Å²) in [6.45, 7) is 11.2. The first-order valence-electron chi connectivity index (χ1n) is 7.75. The molecule has 3 heteroatoms. The van der Waals surface area contributed by atoms with Gasteiger partial charge in [-0.15, -0.1) is 0 Å². The van der Waals surface area contributed by atoms with Gasteiger partial charge in [-0.1, -0.05) is 17.7 Å². The molecule has 20 heavy (non-hydrogen) atoms. The fourth-order valence-electron chi connectivity index (χ4n) is 3.42. The highest BCUT2D eigenvalue weighted by Gasteiger charge is 2.29. The Morgan fingerprint density at radius 2 is 2.25 bits per heavy atom. The summed E-state index contributed by atoms with van der Waals surface area (Å²) in [6.07, 6.45) is 2.60. The van der Waals surface area contributed by atoms with E-state index in [-0.39, 0.29) is 5.54 Å². The lowest BCUT2D eigenvalue weighted by Crippen LogP contribution is -2.48. The van der Waals surface area contributed by atoms with Gasteiger partial charge >= 0.3 is 0 Å². The number of ether oxygens (including phenoxy) is 1. The predicted octanol–water partition coefficient (Wildman–Crippen LogP) is 2.37. The molecular weight excluding hydrogens is 248 g/mol. The van der Waals surface area contributed by atoms with Crippen LogP contribution in [0.15, 0.2) is 18.2 Å². The molecule has 0 saturated carbocycles. The Hall–Kier alpha value is -1.06. The van der Waals surface area contributed by atoms with E-state index < -0.39 is 0 Å². The van der Waals surface area contributed by atoms with Crippen molar-refractivity contribution in [1.82, 2.24) is 10.2 Å². The Labute approximate surface area is 122 Å². The van der Waals surface area contributed by atoms with Gasteiger partial charge < -0.3 is 10.1 Å². The van der Waals surface area contributed by atoms with Crippen molar-refractivity contribution in [3.8, 4) is 5.75 Å². The van der Waals surface area contributed by atoms with Crippen LogP contribution in [0.1, 0.15) is 31.4 Å². The molecule has 3 nitrogen and oxygen atoms in total. The number of benzene rings is 1. The maximum atomic E-state index is 6.11. The smallest absolute Gasteiger partial charge is 0.123 e. The number of aryl methyl sites for hydroxylation is 1. The fourth-order valence-corrected chi connectivity index (χ4v) is 3.42. The van der Waals surface area contributed by atoms with Gasteiger partial charge in [-0.25, -0.2) is 0 Å². The molecule has 110 valence electrons. The lowest BCUT2D eigenvalue weighted by molar-refractivity contribution is 0.138. The molecule has 0 spiro atoms. The standard InChI is InChI=1S/C17H26N2O/c1-13-5-6-16-14(9-13)10-15(20-16)11-19-8-4-7-18-17(2,3)12-19/h5-6,9,15,18H,4,7-8,10-12H2,1-3H3. The summed E-state index contributed by atoms with van der Waals surface area (Å²) in [5, 5.41) is 3.62. The average Bonchev–Trinajstić information content (AvgIpc) is 2.66. The van der Waals surface area contributed by atoms with Crippen molar-refractivity contribution in [3.05, 3.63) is 29.3 Å². The quantitative estimate of drug-likeness (QED) is 0.896. The van der Waals surface area contributed by atoms with Crippen LogP contribution in [-0.2, 0) is 6.42 Å². The molecule has 3 rings (SSSR count). The molecular formula is C17H26N2O. The SMILES string of the molecule is Cc1ccc2c(c1)CC(CN1CCCNC(C)(C)C1)O2. The number of hydrogen-bond donors (Lipinski definition) is 1. The highest BCUT2D eigenvalue weighted by Crippen LogP contribution is 2.30. The van der Waals surface area contributed by atoms with Gasteiger partial charge in [0, 0.05) is 25.0 Å². The molecule has 0 bridgehead atoms. The van der Waals surface area contributed by atoms with Crippen LogP contribution < -0.4 is 10.1 Å². The second-order valence-electron chi connectivity index (χ2n) is 6.95. The van der Waals surface area contributed by atoms with Crippen molar-refractivity contribution in [3.63, 3.8) is 0 Å².